The second kappa shape index (κ2) is 4.78. The van der Waals surface area contributed by atoms with Gasteiger partial charge >= 0.3 is 0 Å². The molecule has 0 aromatic carbocycles. The van der Waals surface area contributed by atoms with Gasteiger partial charge in [0.15, 0.2) is 0 Å². The summed E-state index contributed by atoms with van der Waals surface area (Å²) in [7, 11) is 1.74. The number of rotatable bonds is 2. The molecule has 0 spiro atoms. The molecule has 2 rings (SSSR count). The lowest BCUT2D eigenvalue weighted by Gasteiger charge is -2.03. The van der Waals surface area contributed by atoms with E-state index in [1.165, 1.54) is 11.8 Å². The van der Waals surface area contributed by atoms with Crippen LogP contribution in [0.5, 0.6) is 0 Å². The fourth-order valence-electron chi connectivity index (χ4n) is 1.15. The van der Waals surface area contributed by atoms with Crippen LogP contribution in [-0.4, -0.2) is 17.5 Å². The highest BCUT2D eigenvalue weighted by Gasteiger charge is 2.21. The predicted molar refractivity (Wildman–Crippen MR) is 71.6 cm³/mol. The van der Waals surface area contributed by atoms with E-state index in [1.807, 2.05) is 16.8 Å². The standard InChI is InChI=1S/C9H8Cl2N2S2/c1-12-9-5(10)2-8(15-9)13-7-4-14-3-6(7)11/h2-5,13H,1H3. The van der Waals surface area contributed by atoms with Crippen molar-refractivity contribution in [3.8, 4) is 0 Å². The molecule has 0 aliphatic carbocycles. The molecule has 15 heavy (non-hydrogen) atoms. The summed E-state index contributed by atoms with van der Waals surface area (Å²) < 4.78 is 0. The first-order valence-corrected chi connectivity index (χ1v) is 6.77. The van der Waals surface area contributed by atoms with E-state index in [9.17, 15) is 0 Å². The Kier molecular flexibility index (Phi) is 3.61. The van der Waals surface area contributed by atoms with Gasteiger partial charge in [-0.2, -0.15) is 0 Å². The number of nitrogens with one attached hydrogen (secondary N) is 1. The van der Waals surface area contributed by atoms with Crippen LogP contribution in [0.2, 0.25) is 5.02 Å². The Morgan fingerprint density at radius 3 is 2.80 bits per heavy atom. The molecule has 0 amide bonds. The maximum absolute atomic E-state index is 6.05. The summed E-state index contributed by atoms with van der Waals surface area (Å²) >= 11 is 15.1. The lowest BCUT2D eigenvalue weighted by molar-refractivity contribution is 1.40. The monoisotopic (exact) mass is 278 g/mol. The molecule has 6 heteroatoms. The van der Waals surface area contributed by atoms with E-state index in [2.05, 4.69) is 10.3 Å². The van der Waals surface area contributed by atoms with Crippen LogP contribution >= 0.6 is 46.3 Å². The molecule has 0 bridgehead atoms. The lowest BCUT2D eigenvalue weighted by Crippen LogP contribution is -2.00. The van der Waals surface area contributed by atoms with Crippen molar-refractivity contribution in [3.63, 3.8) is 0 Å². The molecule has 1 aliphatic rings. The largest absolute Gasteiger partial charge is 0.348 e. The molecule has 1 aromatic heterocycles. The molecule has 0 fully saturated rings. The van der Waals surface area contributed by atoms with Gasteiger partial charge in [-0.1, -0.05) is 23.4 Å². The van der Waals surface area contributed by atoms with Crippen molar-refractivity contribution in [1.29, 1.82) is 0 Å². The molecule has 1 aromatic rings. The van der Waals surface area contributed by atoms with Crippen LogP contribution in [0, 0.1) is 0 Å². The Bertz CT molecular complexity index is 426. The summed E-state index contributed by atoms with van der Waals surface area (Å²) in [5.41, 5.74) is 0.918. The third-order valence-corrected chi connectivity index (χ3v) is 4.59. The fraction of sp³-hybridized carbons (Fsp3) is 0.222. The summed E-state index contributed by atoms with van der Waals surface area (Å²) in [6.45, 7) is 0. The number of hydrogen-bond acceptors (Lipinski definition) is 4. The van der Waals surface area contributed by atoms with Crippen molar-refractivity contribution in [1.82, 2.24) is 0 Å². The maximum Gasteiger partial charge on any atom is 0.103 e. The zero-order valence-corrected chi connectivity index (χ0v) is 11.0. The summed E-state index contributed by atoms with van der Waals surface area (Å²) in [5, 5.41) is 9.57. The normalized spacial score (nSPS) is 23.3. The summed E-state index contributed by atoms with van der Waals surface area (Å²) in [6.07, 6.45) is 1.93. The Balaban J connectivity index is 2.10. The van der Waals surface area contributed by atoms with Gasteiger partial charge in [0, 0.05) is 17.8 Å². The van der Waals surface area contributed by atoms with Crippen molar-refractivity contribution in [2.75, 3.05) is 12.4 Å². The molecule has 1 atom stereocenters. The van der Waals surface area contributed by atoms with Crippen LogP contribution in [0.3, 0.4) is 0 Å². The maximum atomic E-state index is 6.05. The Morgan fingerprint density at radius 2 is 2.27 bits per heavy atom. The van der Waals surface area contributed by atoms with Gasteiger partial charge in [0.25, 0.3) is 0 Å². The SMILES string of the molecule is CN=C1SC(Nc2cscc2Cl)=CC1Cl. The second-order valence-corrected chi connectivity index (χ2v) is 5.54. The van der Waals surface area contributed by atoms with Crippen molar-refractivity contribution in [2.24, 2.45) is 4.99 Å². The average molecular weight is 279 g/mol. The van der Waals surface area contributed by atoms with Gasteiger partial charge in [0.1, 0.15) is 5.38 Å². The molecule has 1 unspecified atom stereocenters. The van der Waals surface area contributed by atoms with Gasteiger partial charge in [-0.25, -0.2) is 0 Å². The van der Waals surface area contributed by atoms with Crippen molar-refractivity contribution >= 4 is 57.0 Å². The predicted octanol–water partition coefficient (Wildman–Crippen LogP) is 4.04. The topological polar surface area (TPSA) is 24.4 Å². The molecule has 80 valence electrons. The van der Waals surface area contributed by atoms with Crippen LogP contribution in [0.1, 0.15) is 0 Å². The van der Waals surface area contributed by atoms with Crippen LogP contribution in [0.4, 0.5) is 5.69 Å². The number of nitrogens with zero attached hydrogens (tertiary/aromatic N) is 1. The number of hydrogen-bond donors (Lipinski definition) is 1. The first kappa shape index (κ1) is 11.3. The average Bonchev–Trinajstić information content (AvgIpc) is 2.75. The van der Waals surface area contributed by atoms with Crippen LogP contribution < -0.4 is 5.32 Å². The molecular weight excluding hydrogens is 271 g/mol. The van der Waals surface area contributed by atoms with E-state index >= 15 is 0 Å². The van der Waals surface area contributed by atoms with Crippen molar-refractivity contribution in [2.45, 2.75) is 5.38 Å². The van der Waals surface area contributed by atoms with E-state index in [4.69, 9.17) is 23.2 Å². The molecular formula is C9H8Cl2N2S2. The van der Waals surface area contributed by atoms with Gasteiger partial charge in [-0.3, -0.25) is 4.99 Å². The summed E-state index contributed by atoms with van der Waals surface area (Å²) in [5.74, 6) is 0. The van der Waals surface area contributed by atoms with E-state index in [0.717, 1.165) is 20.8 Å². The molecule has 2 heterocycles. The molecule has 2 nitrogen and oxygen atoms in total. The summed E-state index contributed by atoms with van der Waals surface area (Å²) in [6, 6.07) is 0. The highest BCUT2D eigenvalue weighted by molar-refractivity contribution is 8.18. The Hall–Kier alpha value is -0.160. The van der Waals surface area contributed by atoms with Gasteiger partial charge < -0.3 is 5.32 Å². The van der Waals surface area contributed by atoms with Gasteiger partial charge in [-0.15, -0.1) is 22.9 Å². The van der Waals surface area contributed by atoms with E-state index in [1.54, 1.807) is 18.4 Å². The number of anilines is 1. The fourth-order valence-corrected chi connectivity index (χ4v) is 3.40. The van der Waals surface area contributed by atoms with Crippen LogP contribution in [0.25, 0.3) is 0 Å². The van der Waals surface area contributed by atoms with E-state index in [-0.39, 0.29) is 5.38 Å². The molecule has 0 radical (unpaired) electrons. The first-order chi connectivity index (χ1) is 7.20. The number of alkyl halides is 1. The zero-order valence-electron chi connectivity index (χ0n) is 7.83. The van der Waals surface area contributed by atoms with Crippen molar-refractivity contribution in [3.05, 3.63) is 26.9 Å². The number of aliphatic imine (C=N–C) groups is 1. The third-order valence-electron chi connectivity index (χ3n) is 1.84. The minimum absolute atomic E-state index is 0.125. The highest BCUT2D eigenvalue weighted by atomic mass is 35.5. The zero-order chi connectivity index (χ0) is 10.8. The van der Waals surface area contributed by atoms with E-state index < -0.39 is 0 Å². The van der Waals surface area contributed by atoms with Gasteiger partial charge in [0.05, 0.1) is 20.8 Å². The third kappa shape index (κ3) is 2.50. The quantitative estimate of drug-likeness (QED) is 0.826. The molecule has 0 saturated carbocycles. The lowest BCUT2D eigenvalue weighted by atomic mass is 10.4. The number of halogens is 2. The summed E-state index contributed by atoms with van der Waals surface area (Å²) in [4.78, 5) is 4.10. The minimum Gasteiger partial charge on any atom is -0.348 e. The smallest absolute Gasteiger partial charge is 0.103 e. The number of thioether (sulfide) groups is 1. The number of allylic oxidation sites excluding steroid dienone is 1. The second-order valence-electron chi connectivity index (χ2n) is 2.85. The first-order valence-electron chi connectivity index (χ1n) is 4.20. The number of thiophene rings is 1. The Labute approximate surface area is 106 Å². The molecule has 0 saturated heterocycles. The van der Waals surface area contributed by atoms with Gasteiger partial charge in [-0.05, 0) is 6.08 Å². The highest BCUT2D eigenvalue weighted by Crippen LogP contribution is 2.35. The van der Waals surface area contributed by atoms with Crippen LogP contribution in [-0.2, 0) is 0 Å². The van der Waals surface area contributed by atoms with Crippen molar-refractivity contribution < 1.29 is 0 Å². The van der Waals surface area contributed by atoms with E-state index in [0.29, 0.717) is 0 Å². The minimum atomic E-state index is -0.125. The molecule has 1 N–H and O–H groups in total. The van der Waals surface area contributed by atoms with Crippen LogP contribution in [0.15, 0.2) is 26.9 Å². The van der Waals surface area contributed by atoms with Gasteiger partial charge in [0.2, 0.25) is 0 Å². The Morgan fingerprint density at radius 1 is 1.47 bits per heavy atom. The molecule has 1 aliphatic heterocycles.